The normalized spacial score (nSPS) is 22.5. The zero-order valence-corrected chi connectivity index (χ0v) is 7.34. The molecule has 0 amide bonds. The summed E-state index contributed by atoms with van der Waals surface area (Å²) in [5.41, 5.74) is 0.481. The SMILES string of the molecule is CC1=N[C@H]1C(=O)OC(C)(C)C. The molecule has 1 aliphatic rings. The van der Waals surface area contributed by atoms with Crippen LogP contribution in [0.5, 0.6) is 0 Å². The first kappa shape index (κ1) is 8.24. The molecule has 1 aliphatic heterocycles. The Bertz CT molecular complexity index is 213. The molecule has 3 heteroatoms. The van der Waals surface area contributed by atoms with E-state index in [1.54, 1.807) is 0 Å². The molecule has 0 aromatic carbocycles. The summed E-state index contributed by atoms with van der Waals surface area (Å²) in [6.07, 6.45) is 0. The molecule has 1 heterocycles. The third-order valence-electron chi connectivity index (χ3n) is 1.29. The quantitative estimate of drug-likeness (QED) is 0.533. The molecule has 0 saturated carbocycles. The van der Waals surface area contributed by atoms with Crippen LogP contribution in [0.25, 0.3) is 0 Å². The van der Waals surface area contributed by atoms with Crippen LogP contribution in [0, 0.1) is 0 Å². The van der Waals surface area contributed by atoms with E-state index in [-0.39, 0.29) is 12.0 Å². The van der Waals surface area contributed by atoms with E-state index >= 15 is 0 Å². The van der Waals surface area contributed by atoms with Crippen LogP contribution in [0.15, 0.2) is 4.99 Å². The van der Waals surface area contributed by atoms with Crippen molar-refractivity contribution in [2.45, 2.75) is 39.3 Å². The molecular formula is C8H13NO2. The number of carbonyl (C=O) groups excluding carboxylic acids is 1. The number of hydrogen-bond acceptors (Lipinski definition) is 3. The molecule has 0 saturated heterocycles. The molecular weight excluding hydrogens is 142 g/mol. The second kappa shape index (κ2) is 2.32. The van der Waals surface area contributed by atoms with Gasteiger partial charge >= 0.3 is 5.97 Å². The lowest BCUT2D eigenvalue weighted by atomic mass is 10.2. The fourth-order valence-corrected chi connectivity index (χ4v) is 0.747. The van der Waals surface area contributed by atoms with Gasteiger partial charge in [0, 0.05) is 5.71 Å². The van der Waals surface area contributed by atoms with E-state index in [1.165, 1.54) is 0 Å². The van der Waals surface area contributed by atoms with Gasteiger partial charge in [-0.3, -0.25) is 4.99 Å². The van der Waals surface area contributed by atoms with Crippen molar-refractivity contribution in [3.8, 4) is 0 Å². The molecule has 3 nitrogen and oxygen atoms in total. The molecule has 0 aromatic heterocycles. The third-order valence-corrected chi connectivity index (χ3v) is 1.29. The predicted molar refractivity (Wildman–Crippen MR) is 42.7 cm³/mol. The Morgan fingerprint density at radius 3 is 2.27 bits per heavy atom. The van der Waals surface area contributed by atoms with Crippen LogP contribution in [0.1, 0.15) is 27.7 Å². The maximum absolute atomic E-state index is 11.1. The minimum absolute atomic E-state index is 0.227. The Morgan fingerprint density at radius 2 is 2.00 bits per heavy atom. The summed E-state index contributed by atoms with van der Waals surface area (Å²) in [5, 5.41) is 0. The third kappa shape index (κ3) is 2.33. The summed E-state index contributed by atoms with van der Waals surface area (Å²) in [4.78, 5) is 15.0. The van der Waals surface area contributed by atoms with Crippen molar-refractivity contribution >= 4 is 11.7 Å². The lowest BCUT2D eigenvalue weighted by Crippen LogP contribution is -2.28. The highest BCUT2D eigenvalue weighted by atomic mass is 16.6. The molecule has 0 radical (unpaired) electrons. The summed E-state index contributed by atoms with van der Waals surface area (Å²) < 4.78 is 5.08. The topological polar surface area (TPSA) is 38.7 Å². The second-order valence-electron chi connectivity index (χ2n) is 3.71. The highest BCUT2D eigenvalue weighted by Crippen LogP contribution is 2.17. The van der Waals surface area contributed by atoms with Crippen molar-refractivity contribution in [3.63, 3.8) is 0 Å². The minimum atomic E-state index is -0.393. The van der Waals surface area contributed by atoms with Gasteiger partial charge in [0.25, 0.3) is 0 Å². The fraction of sp³-hybridized carbons (Fsp3) is 0.750. The number of nitrogens with zero attached hydrogens (tertiary/aromatic N) is 1. The molecule has 1 atom stereocenters. The van der Waals surface area contributed by atoms with Crippen molar-refractivity contribution in [2.24, 2.45) is 4.99 Å². The molecule has 0 unspecified atom stereocenters. The Hall–Kier alpha value is -0.860. The average molecular weight is 155 g/mol. The Balaban J connectivity index is 2.34. The van der Waals surface area contributed by atoms with Gasteiger partial charge in [-0.1, -0.05) is 0 Å². The van der Waals surface area contributed by atoms with E-state index < -0.39 is 5.60 Å². The molecule has 0 aliphatic carbocycles. The summed E-state index contributed by atoms with van der Waals surface area (Å²) in [6.45, 7) is 7.38. The van der Waals surface area contributed by atoms with Gasteiger partial charge in [0.15, 0.2) is 6.04 Å². The van der Waals surface area contributed by atoms with Gasteiger partial charge in [-0.25, -0.2) is 4.79 Å². The van der Waals surface area contributed by atoms with Crippen LogP contribution in [-0.2, 0) is 9.53 Å². The molecule has 0 bridgehead atoms. The van der Waals surface area contributed by atoms with E-state index in [0.29, 0.717) is 0 Å². The summed E-state index contributed by atoms with van der Waals surface area (Å²) in [7, 11) is 0. The molecule has 0 N–H and O–H groups in total. The number of esters is 1. The highest BCUT2D eigenvalue weighted by molar-refractivity contribution is 6.14. The van der Waals surface area contributed by atoms with E-state index in [9.17, 15) is 4.79 Å². The molecule has 0 fully saturated rings. The number of aliphatic imine (C=N–C) groups is 1. The van der Waals surface area contributed by atoms with Crippen molar-refractivity contribution in [2.75, 3.05) is 0 Å². The smallest absolute Gasteiger partial charge is 0.337 e. The highest BCUT2D eigenvalue weighted by Gasteiger charge is 2.34. The van der Waals surface area contributed by atoms with Crippen molar-refractivity contribution < 1.29 is 9.53 Å². The van der Waals surface area contributed by atoms with Gasteiger partial charge in [0.2, 0.25) is 0 Å². The lowest BCUT2D eigenvalue weighted by Gasteiger charge is -2.18. The van der Waals surface area contributed by atoms with Crippen molar-refractivity contribution in [1.82, 2.24) is 0 Å². The standard InChI is InChI=1S/C8H13NO2/c1-5-6(9-5)7(10)11-8(2,3)4/h6H,1-4H3/t6-/m1/s1. The Labute approximate surface area is 66.5 Å². The molecule has 11 heavy (non-hydrogen) atoms. The van der Waals surface area contributed by atoms with Gasteiger partial charge in [-0.05, 0) is 27.7 Å². The van der Waals surface area contributed by atoms with E-state index in [1.807, 2.05) is 27.7 Å². The van der Waals surface area contributed by atoms with E-state index in [4.69, 9.17) is 4.74 Å². The number of carbonyl (C=O) groups is 1. The first-order chi connectivity index (χ1) is 4.90. The zero-order valence-electron chi connectivity index (χ0n) is 7.34. The Kier molecular flexibility index (Phi) is 1.74. The van der Waals surface area contributed by atoms with Gasteiger partial charge in [-0.2, -0.15) is 0 Å². The maximum atomic E-state index is 11.1. The molecule has 62 valence electrons. The van der Waals surface area contributed by atoms with Crippen LogP contribution in [0.2, 0.25) is 0 Å². The Morgan fingerprint density at radius 1 is 1.55 bits per heavy atom. The maximum Gasteiger partial charge on any atom is 0.337 e. The summed E-state index contributed by atoms with van der Waals surface area (Å²) >= 11 is 0. The van der Waals surface area contributed by atoms with Crippen molar-refractivity contribution in [1.29, 1.82) is 0 Å². The van der Waals surface area contributed by atoms with Crippen LogP contribution in [0.4, 0.5) is 0 Å². The second-order valence-corrected chi connectivity index (χ2v) is 3.71. The summed E-state index contributed by atoms with van der Waals surface area (Å²) in [5.74, 6) is -0.227. The first-order valence-electron chi connectivity index (χ1n) is 3.67. The lowest BCUT2D eigenvalue weighted by molar-refractivity contribution is -0.153. The first-order valence-corrected chi connectivity index (χ1v) is 3.67. The number of hydrogen-bond donors (Lipinski definition) is 0. The van der Waals surface area contributed by atoms with Crippen LogP contribution in [0.3, 0.4) is 0 Å². The zero-order chi connectivity index (χ0) is 8.65. The van der Waals surface area contributed by atoms with Crippen molar-refractivity contribution in [3.05, 3.63) is 0 Å². The molecule has 0 spiro atoms. The molecule has 0 aromatic rings. The predicted octanol–water partition coefficient (Wildman–Crippen LogP) is 1.17. The van der Waals surface area contributed by atoms with E-state index in [2.05, 4.69) is 4.99 Å². The van der Waals surface area contributed by atoms with Crippen LogP contribution >= 0.6 is 0 Å². The van der Waals surface area contributed by atoms with Crippen LogP contribution < -0.4 is 0 Å². The monoisotopic (exact) mass is 155 g/mol. The fourth-order valence-electron chi connectivity index (χ4n) is 0.747. The van der Waals surface area contributed by atoms with Gasteiger partial charge in [0.05, 0.1) is 0 Å². The van der Waals surface area contributed by atoms with Gasteiger partial charge < -0.3 is 4.74 Å². The van der Waals surface area contributed by atoms with Gasteiger partial charge in [-0.15, -0.1) is 0 Å². The number of rotatable bonds is 1. The minimum Gasteiger partial charge on any atom is -0.458 e. The number of ether oxygens (including phenoxy) is 1. The van der Waals surface area contributed by atoms with Crippen LogP contribution in [-0.4, -0.2) is 23.3 Å². The largest absolute Gasteiger partial charge is 0.458 e. The molecule has 1 rings (SSSR count). The summed E-state index contributed by atoms with van der Waals surface area (Å²) in [6, 6.07) is -0.269. The van der Waals surface area contributed by atoms with E-state index in [0.717, 1.165) is 5.71 Å². The average Bonchev–Trinajstić information content (AvgIpc) is 2.41. The van der Waals surface area contributed by atoms with Gasteiger partial charge in [0.1, 0.15) is 5.60 Å².